The SMILES string of the molecule is O=C(Nc1nccnn1)N[C@@H](CC1CC1)C(=O)O. The maximum Gasteiger partial charge on any atom is 0.326 e. The maximum absolute atomic E-state index is 11.5. The van der Waals surface area contributed by atoms with E-state index in [1.54, 1.807) is 0 Å². The summed E-state index contributed by atoms with van der Waals surface area (Å²) in [6.07, 6.45) is 5.26. The fourth-order valence-electron chi connectivity index (χ4n) is 1.51. The summed E-state index contributed by atoms with van der Waals surface area (Å²) in [5.74, 6) is -0.601. The normalized spacial score (nSPS) is 15.8. The number of urea groups is 1. The van der Waals surface area contributed by atoms with Gasteiger partial charge in [0.25, 0.3) is 5.95 Å². The number of anilines is 1. The van der Waals surface area contributed by atoms with Gasteiger partial charge < -0.3 is 10.4 Å². The van der Waals surface area contributed by atoms with E-state index in [4.69, 9.17) is 5.11 Å². The molecular formula is C10H13N5O3. The van der Waals surface area contributed by atoms with E-state index in [0.29, 0.717) is 12.3 Å². The predicted molar refractivity (Wildman–Crippen MR) is 60.7 cm³/mol. The highest BCUT2D eigenvalue weighted by atomic mass is 16.4. The van der Waals surface area contributed by atoms with E-state index in [1.165, 1.54) is 12.4 Å². The molecule has 1 atom stereocenters. The second-order valence-electron chi connectivity index (χ2n) is 4.13. The van der Waals surface area contributed by atoms with Crippen molar-refractivity contribution in [1.29, 1.82) is 0 Å². The quantitative estimate of drug-likeness (QED) is 0.690. The fraction of sp³-hybridized carbons (Fsp3) is 0.500. The van der Waals surface area contributed by atoms with Crippen molar-refractivity contribution < 1.29 is 14.7 Å². The van der Waals surface area contributed by atoms with E-state index >= 15 is 0 Å². The van der Waals surface area contributed by atoms with Gasteiger partial charge in [-0.2, -0.15) is 5.10 Å². The molecule has 0 spiro atoms. The molecule has 0 radical (unpaired) electrons. The van der Waals surface area contributed by atoms with Crippen molar-refractivity contribution in [3.8, 4) is 0 Å². The smallest absolute Gasteiger partial charge is 0.326 e. The Morgan fingerprint density at radius 3 is 2.78 bits per heavy atom. The van der Waals surface area contributed by atoms with Crippen LogP contribution >= 0.6 is 0 Å². The van der Waals surface area contributed by atoms with Crippen LogP contribution in [0.25, 0.3) is 0 Å². The van der Waals surface area contributed by atoms with Crippen LogP contribution in [0.3, 0.4) is 0 Å². The minimum Gasteiger partial charge on any atom is -0.480 e. The van der Waals surface area contributed by atoms with Gasteiger partial charge in [0.15, 0.2) is 0 Å². The molecule has 1 fully saturated rings. The highest BCUT2D eigenvalue weighted by Gasteiger charge is 2.30. The molecule has 1 aliphatic rings. The Morgan fingerprint density at radius 2 is 2.22 bits per heavy atom. The number of aromatic nitrogens is 3. The number of carbonyl (C=O) groups is 2. The third-order valence-electron chi connectivity index (χ3n) is 2.58. The fourth-order valence-corrected chi connectivity index (χ4v) is 1.51. The van der Waals surface area contributed by atoms with Crippen molar-refractivity contribution in [2.24, 2.45) is 5.92 Å². The van der Waals surface area contributed by atoms with Crippen molar-refractivity contribution in [3.05, 3.63) is 12.4 Å². The number of nitrogens with zero attached hydrogens (tertiary/aromatic N) is 3. The summed E-state index contributed by atoms with van der Waals surface area (Å²) in [7, 11) is 0. The number of nitrogens with one attached hydrogen (secondary N) is 2. The first kappa shape index (κ1) is 12.2. The molecular weight excluding hydrogens is 238 g/mol. The van der Waals surface area contributed by atoms with Gasteiger partial charge in [0, 0.05) is 0 Å². The molecule has 1 aromatic heterocycles. The first-order valence-corrected chi connectivity index (χ1v) is 5.59. The van der Waals surface area contributed by atoms with E-state index in [2.05, 4.69) is 25.8 Å². The predicted octanol–water partition coefficient (Wildman–Crippen LogP) is 0.246. The number of carboxylic acid groups (broad SMARTS) is 1. The van der Waals surface area contributed by atoms with Gasteiger partial charge in [-0.1, -0.05) is 12.8 Å². The number of rotatable bonds is 5. The average Bonchev–Trinajstić information content (AvgIpc) is 3.13. The van der Waals surface area contributed by atoms with Gasteiger partial charge in [-0.15, -0.1) is 5.10 Å². The Hall–Kier alpha value is -2.25. The van der Waals surface area contributed by atoms with Crippen LogP contribution in [0.2, 0.25) is 0 Å². The van der Waals surface area contributed by atoms with Gasteiger partial charge in [0.05, 0.1) is 12.4 Å². The number of hydrogen-bond acceptors (Lipinski definition) is 5. The van der Waals surface area contributed by atoms with Crippen LogP contribution in [0.5, 0.6) is 0 Å². The number of carboxylic acids is 1. The van der Waals surface area contributed by atoms with Gasteiger partial charge in [-0.05, 0) is 12.3 Å². The summed E-state index contributed by atoms with van der Waals surface area (Å²) in [6.45, 7) is 0. The van der Waals surface area contributed by atoms with Crippen LogP contribution in [-0.4, -0.2) is 38.3 Å². The summed E-state index contributed by atoms with van der Waals surface area (Å²) in [4.78, 5) is 26.3. The van der Waals surface area contributed by atoms with Crippen LogP contribution in [0.15, 0.2) is 12.4 Å². The monoisotopic (exact) mass is 251 g/mol. The summed E-state index contributed by atoms with van der Waals surface area (Å²) in [5, 5.41) is 20.8. The molecule has 3 N–H and O–H groups in total. The molecule has 0 bridgehead atoms. The molecule has 8 heteroatoms. The van der Waals surface area contributed by atoms with Crippen LogP contribution in [-0.2, 0) is 4.79 Å². The molecule has 0 unspecified atom stereocenters. The Kier molecular flexibility index (Phi) is 3.66. The molecule has 0 aliphatic heterocycles. The first-order valence-electron chi connectivity index (χ1n) is 5.59. The summed E-state index contributed by atoms with van der Waals surface area (Å²) < 4.78 is 0. The van der Waals surface area contributed by atoms with E-state index in [1.807, 2.05) is 0 Å². The zero-order valence-electron chi connectivity index (χ0n) is 9.54. The Bertz CT molecular complexity index is 434. The maximum atomic E-state index is 11.5. The van der Waals surface area contributed by atoms with Gasteiger partial charge in [0.1, 0.15) is 6.04 Å². The van der Waals surface area contributed by atoms with Crippen molar-refractivity contribution in [2.45, 2.75) is 25.3 Å². The number of amides is 2. The Labute approximate surface area is 103 Å². The molecule has 8 nitrogen and oxygen atoms in total. The van der Waals surface area contributed by atoms with Crippen LogP contribution in [0.4, 0.5) is 10.7 Å². The Balaban J connectivity index is 1.86. The number of carbonyl (C=O) groups excluding carboxylic acids is 1. The molecule has 1 heterocycles. The van der Waals surface area contributed by atoms with Crippen LogP contribution < -0.4 is 10.6 Å². The Morgan fingerprint density at radius 1 is 1.44 bits per heavy atom. The zero-order chi connectivity index (χ0) is 13.0. The minimum absolute atomic E-state index is 0.0329. The van der Waals surface area contributed by atoms with Crippen molar-refractivity contribution in [1.82, 2.24) is 20.5 Å². The molecule has 1 aromatic rings. The van der Waals surface area contributed by atoms with Crippen molar-refractivity contribution >= 4 is 17.9 Å². The lowest BCUT2D eigenvalue weighted by Gasteiger charge is -2.13. The average molecular weight is 251 g/mol. The van der Waals surface area contributed by atoms with E-state index in [9.17, 15) is 9.59 Å². The third-order valence-corrected chi connectivity index (χ3v) is 2.58. The van der Waals surface area contributed by atoms with Crippen molar-refractivity contribution in [2.75, 3.05) is 5.32 Å². The summed E-state index contributed by atoms with van der Waals surface area (Å²) >= 11 is 0. The molecule has 0 saturated heterocycles. The van der Waals surface area contributed by atoms with Gasteiger partial charge in [-0.3, -0.25) is 5.32 Å². The van der Waals surface area contributed by atoms with Gasteiger partial charge in [-0.25, -0.2) is 14.6 Å². The molecule has 0 aromatic carbocycles. The topological polar surface area (TPSA) is 117 Å². The van der Waals surface area contributed by atoms with Crippen molar-refractivity contribution in [3.63, 3.8) is 0 Å². The highest BCUT2D eigenvalue weighted by Crippen LogP contribution is 2.33. The lowest BCUT2D eigenvalue weighted by atomic mass is 10.1. The molecule has 2 amide bonds. The van der Waals surface area contributed by atoms with Crippen LogP contribution in [0, 0.1) is 5.92 Å². The number of aliphatic carboxylic acids is 1. The highest BCUT2D eigenvalue weighted by molar-refractivity contribution is 5.90. The second kappa shape index (κ2) is 5.39. The standard InChI is InChI=1S/C10H13N5O3/c16-8(17)7(5-6-1-2-6)13-10(18)14-9-11-3-4-12-15-9/h3-4,6-7H,1-2,5H2,(H,16,17)(H2,11,13,14,15,18)/t7-/m0/s1. The molecule has 96 valence electrons. The first-order chi connectivity index (χ1) is 8.65. The molecule has 1 saturated carbocycles. The summed E-state index contributed by atoms with van der Waals surface area (Å²) in [6, 6.07) is -1.52. The zero-order valence-corrected chi connectivity index (χ0v) is 9.54. The largest absolute Gasteiger partial charge is 0.480 e. The number of hydrogen-bond donors (Lipinski definition) is 3. The molecule has 2 rings (SSSR count). The van der Waals surface area contributed by atoms with Gasteiger partial charge >= 0.3 is 12.0 Å². The van der Waals surface area contributed by atoms with E-state index in [-0.39, 0.29) is 5.95 Å². The third kappa shape index (κ3) is 3.65. The molecule has 1 aliphatic carbocycles. The molecule has 18 heavy (non-hydrogen) atoms. The lowest BCUT2D eigenvalue weighted by Crippen LogP contribution is -2.43. The lowest BCUT2D eigenvalue weighted by molar-refractivity contribution is -0.139. The van der Waals surface area contributed by atoms with Crippen LogP contribution in [0.1, 0.15) is 19.3 Å². The second-order valence-corrected chi connectivity index (χ2v) is 4.13. The summed E-state index contributed by atoms with van der Waals surface area (Å²) in [5.41, 5.74) is 0. The van der Waals surface area contributed by atoms with Gasteiger partial charge in [0.2, 0.25) is 0 Å². The van der Waals surface area contributed by atoms with E-state index < -0.39 is 18.0 Å². The minimum atomic E-state index is -1.04. The van der Waals surface area contributed by atoms with E-state index in [0.717, 1.165) is 12.8 Å².